The maximum atomic E-state index is 12.3. The molecule has 20 heavy (non-hydrogen) atoms. The Morgan fingerprint density at radius 1 is 1.30 bits per heavy atom. The number of nitrogens with one attached hydrogen (secondary N) is 1. The molecule has 0 radical (unpaired) electrons. The Balaban J connectivity index is 2.17. The van der Waals surface area contributed by atoms with Gasteiger partial charge < -0.3 is 10.1 Å². The summed E-state index contributed by atoms with van der Waals surface area (Å²) in [4.78, 5) is 23.9. The molecule has 0 heterocycles. The van der Waals surface area contributed by atoms with E-state index in [2.05, 4.69) is 10.1 Å². The number of ether oxygens (including phenoxy) is 1. The SMILES string of the molecule is COC(=O)c1cc(NC(=O)C2(C)CCCC2)ccc1Cl. The lowest BCUT2D eigenvalue weighted by molar-refractivity contribution is -0.124. The van der Waals surface area contributed by atoms with Gasteiger partial charge in [-0.3, -0.25) is 4.79 Å². The summed E-state index contributed by atoms with van der Waals surface area (Å²) in [6.07, 6.45) is 3.96. The molecule has 0 saturated heterocycles. The van der Waals surface area contributed by atoms with E-state index in [0.29, 0.717) is 10.7 Å². The fourth-order valence-electron chi connectivity index (χ4n) is 2.53. The van der Waals surface area contributed by atoms with Gasteiger partial charge in [-0.05, 0) is 31.0 Å². The molecular weight excluding hydrogens is 278 g/mol. The molecule has 1 aliphatic rings. The molecule has 0 unspecified atom stereocenters. The zero-order valence-electron chi connectivity index (χ0n) is 11.7. The number of hydrogen-bond acceptors (Lipinski definition) is 3. The summed E-state index contributed by atoms with van der Waals surface area (Å²) >= 11 is 5.95. The smallest absolute Gasteiger partial charge is 0.339 e. The van der Waals surface area contributed by atoms with Crippen molar-refractivity contribution >= 4 is 29.2 Å². The first-order valence-electron chi connectivity index (χ1n) is 6.65. The number of rotatable bonds is 3. The molecule has 0 aliphatic heterocycles. The number of amides is 1. The second kappa shape index (κ2) is 5.83. The van der Waals surface area contributed by atoms with E-state index in [-0.39, 0.29) is 16.9 Å². The minimum absolute atomic E-state index is 0.00635. The van der Waals surface area contributed by atoms with Crippen LogP contribution in [0.4, 0.5) is 5.69 Å². The lowest BCUT2D eigenvalue weighted by Gasteiger charge is -2.22. The average Bonchev–Trinajstić information content (AvgIpc) is 2.88. The summed E-state index contributed by atoms with van der Waals surface area (Å²) in [6.45, 7) is 1.98. The highest BCUT2D eigenvalue weighted by atomic mass is 35.5. The van der Waals surface area contributed by atoms with Crippen molar-refractivity contribution in [2.75, 3.05) is 12.4 Å². The molecule has 1 aromatic carbocycles. The molecule has 1 fully saturated rings. The summed E-state index contributed by atoms with van der Waals surface area (Å²) in [5.41, 5.74) is 0.502. The Labute approximate surface area is 123 Å². The van der Waals surface area contributed by atoms with Crippen molar-refractivity contribution in [3.63, 3.8) is 0 Å². The molecule has 108 valence electrons. The van der Waals surface area contributed by atoms with Gasteiger partial charge in [0.15, 0.2) is 0 Å². The highest BCUT2D eigenvalue weighted by Crippen LogP contribution is 2.38. The molecule has 0 bridgehead atoms. The number of anilines is 1. The third-order valence-corrected chi connectivity index (χ3v) is 4.21. The molecule has 1 aliphatic carbocycles. The molecule has 0 atom stereocenters. The van der Waals surface area contributed by atoms with Gasteiger partial charge in [0.25, 0.3) is 0 Å². The van der Waals surface area contributed by atoms with Crippen LogP contribution in [0.25, 0.3) is 0 Å². The second-order valence-electron chi connectivity index (χ2n) is 5.41. The molecule has 1 aromatic rings. The van der Waals surface area contributed by atoms with Crippen molar-refractivity contribution in [1.82, 2.24) is 0 Å². The van der Waals surface area contributed by atoms with Gasteiger partial charge in [-0.25, -0.2) is 4.79 Å². The first-order chi connectivity index (χ1) is 9.46. The molecule has 4 nitrogen and oxygen atoms in total. The number of benzene rings is 1. The highest BCUT2D eigenvalue weighted by molar-refractivity contribution is 6.33. The van der Waals surface area contributed by atoms with Crippen molar-refractivity contribution in [2.45, 2.75) is 32.6 Å². The molecule has 2 rings (SSSR count). The minimum Gasteiger partial charge on any atom is -0.465 e. The number of carbonyl (C=O) groups excluding carboxylic acids is 2. The number of esters is 1. The Bertz CT molecular complexity index is 536. The molecule has 1 N–H and O–H groups in total. The summed E-state index contributed by atoms with van der Waals surface area (Å²) < 4.78 is 4.66. The quantitative estimate of drug-likeness (QED) is 0.866. The van der Waals surface area contributed by atoms with Gasteiger partial charge in [0, 0.05) is 11.1 Å². The number of methoxy groups -OCH3 is 1. The number of halogens is 1. The Hall–Kier alpha value is -1.55. The van der Waals surface area contributed by atoms with Crippen molar-refractivity contribution < 1.29 is 14.3 Å². The predicted octanol–water partition coefficient (Wildman–Crippen LogP) is 3.65. The van der Waals surface area contributed by atoms with Gasteiger partial charge >= 0.3 is 5.97 Å². The fraction of sp³-hybridized carbons (Fsp3) is 0.467. The third-order valence-electron chi connectivity index (χ3n) is 3.88. The van der Waals surface area contributed by atoms with Gasteiger partial charge in [0.05, 0.1) is 17.7 Å². The van der Waals surface area contributed by atoms with E-state index in [9.17, 15) is 9.59 Å². The maximum Gasteiger partial charge on any atom is 0.339 e. The van der Waals surface area contributed by atoms with Crippen LogP contribution in [0.5, 0.6) is 0 Å². The molecule has 0 spiro atoms. The number of hydrogen-bond donors (Lipinski definition) is 1. The summed E-state index contributed by atoms with van der Waals surface area (Å²) in [5, 5.41) is 3.17. The van der Waals surface area contributed by atoms with Crippen LogP contribution in [0.15, 0.2) is 18.2 Å². The normalized spacial score (nSPS) is 16.8. The molecule has 0 aromatic heterocycles. The second-order valence-corrected chi connectivity index (χ2v) is 5.82. The molecule has 5 heteroatoms. The van der Waals surface area contributed by atoms with Crippen LogP contribution >= 0.6 is 11.6 Å². The Kier molecular flexibility index (Phi) is 4.33. The van der Waals surface area contributed by atoms with Gasteiger partial charge in [-0.1, -0.05) is 31.4 Å². The van der Waals surface area contributed by atoms with Crippen LogP contribution in [0, 0.1) is 5.41 Å². The Morgan fingerprint density at radius 3 is 2.55 bits per heavy atom. The lowest BCUT2D eigenvalue weighted by atomic mass is 9.88. The lowest BCUT2D eigenvalue weighted by Crippen LogP contribution is -2.30. The minimum atomic E-state index is -0.516. The topological polar surface area (TPSA) is 55.4 Å². The van der Waals surface area contributed by atoms with Crippen molar-refractivity contribution in [2.24, 2.45) is 5.41 Å². The molecule has 1 saturated carbocycles. The highest BCUT2D eigenvalue weighted by Gasteiger charge is 2.36. The van der Waals surface area contributed by atoms with E-state index in [4.69, 9.17) is 11.6 Å². The van der Waals surface area contributed by atoms with Gasteiger partial charge in [-0.2, -0.15) is 0 Å². The van der Waals surface area contributed by atoms with Crippen LogP contribution in [-0.4, -0.2) is 19.0 Å². The standard InChI is InChI=1S/C15H18ClNO3/c1-15(7-3-4-8-15)14(19)17-10-5-6-12(16)11(9-10)13(18)20-2/h5-6,9H,3-4,7-8H2,1-2H3,(H,17,19). The van der Waals surface area contributed by atoms with Crippen LogP contribution in [-0.2, 0) is 9.53 Å². The maximum absolute atomic E-state index is 12.3. The third kappa shape index (κ3) is 2.96. The monoisotopic (exact) mass is 295 g/mol. The first-order valence-corrected chi connectivity index (χ1v) is 7.03. The van der Waals surface area contributed by atoms with Crippen LogP contribution in [0.2, 0.25) is 5.02 Å². The fourth-order valence-corrected chi connectivity index (χ4v) is 2.73. The largest absolute Gasteiger partial charge is 0.465 e. The van der Waals surface area contributed by atoms with E-state index >= 15 is 0 Å². The Morgan fingerprint density at radius 2 is 1.95 bits per heavy atom. The van der Waals surface area contributed by atoms with E-state index in [1.165, 1.54) is 7.11 Å². The van der Waals surface area contributed by atoms with Crippen LogP contribution in [0.3, 0.4) is 0 Å². The first kappa shape index (κ1) is 14.9. The summed E-state index contributed by atoms with van der Waals surface area (Å²) in [7, 11) is 1.30. The van der Waals surface area contributed by atoms with E-state index < -0.39 is 5.97 Å². The van der Waals surface area contributed by atoms with Crippen molar-refractivity contribution in [3.05, 3.63) is 28.8 Å². The zero-order valence-corrected chi connectivity index (χ0v) is 12.4. The van der Waals surface area contributed by atoms with E-state index in [1.54, 1.807) is 18.2 Å². The average molecular weight is 296 g/mol. The van der Waals surface area contributed by atoms with Crippen molar-refractivity contribution in [3.8, 4) is 0 Å². The van der Waals surface area contributed by atoms with Gasteiger partial charge in [-0.15, -0.1) is 0 Å². The summed E-state index contributed by atoms with van der Waals surface area (Å²) in [6, 6.07) is 4.82. The summed E-state index contributed by atoms with van der Waals surface area (Å²) in [5.74, 6) is -0.522. The molecular formula is C15H18ClNO3. The van der Waals surface area contributed by atoms with Crippen LogP contribution < -0.4 is 5.32 Å². The van der Waals surface area contributed by atoms with Gasteiger partial charge in [0.2, 0.25) is 5.91 Å². The van der Waals surface area contributed by atoms with Crippen LogP contribution in [0.1, 0.15) is 43.0 Å². The zero-order chi connectivity index (χ0) is 14.8. The van der Waals surface area contributed by atoms with Gasteiger partial charge in [0.1, 0.15) is 0 Å². The number of carbonyl (C=O) groups is 2. The van der Waals surface area contributed by atoms with Crippen molar-refractivity contribution in [1.29, 1.82) is 0 Å². The molecule has 1 amide bonds. The van der Waals surface area contributed by atoms with E-state index in [0.717, 1.165) is 25.7 Å². The predicted molar refractivity (Wildman–Crippen MR) is 78.0 cm³/mol. The van der Waals surface area contributed by atoms with E-state index in [1.807, 2.05) is 6.92 Å².